The van der Waals surface area contributed by atoms with Crippen LogP contribution in [0.5, 0.6) is 5.75 Å². The van der Waals surface area contributed by atoms with E-state index in [4.69, 9.17) is 4.74 Å². The third kappa shape index (κ3) is 4.16. The van der Waals surface area contributed by atoms with E-state index < -0.39 is 0 Å². The van der Waals surface area contributed by atoms with Gasteiger partial charge in [-0.2, -0.15) is 10.1 Å². The monoisotopic (exact) mass is 418 g/mol. The number of carbonyl (C=O) groups is 2. The van der Waals surface area contributed by atoms with Crippen LogP contribution in [0, 0.1) is 13.8 Å². The van der Waals surface area contributed by atoms with Crippen molar-refractivity contribution in [2.45, 2.75) is 20.8 Å². The minimum Gasteiger partial charge on any atom is -0.484 e. The Morgan fingerprint density at radius 2 is 1.81 bits per heavy atom. The Morgan fingerprint density at radius 3 is 2.45 bits per heavy atom. The molecule has 0 bridgehead atoms. The highest BCUT2D eigenvalue weighted by Crippen LogP contribution is 2.26. The molecule has 1 N–H and O–H groups in total. The summed E-state index contributed by atoms with van der Waals surface area (Å²) in [5.41, 5.74) is 5.20. The van der Waals surface area contributed by atoms with E-state index in [1.807, 2.05) is 43.9 Å². The molecule has 9 nitrogen and oxygen atoms in total. The largest absolute Gasteiger partial charge is 0.484 e. The van der Waals surface area contributed by atoms with Crippen molar-refractivity contribution in [2.75, 3.05) is 11.9 Å². The van der Waals surface area contributed by atoms with Crippen LogP contribution in [-0.2, 0) is 11.8 Å². The van der Waals surface area contributed by atoms with Crippen molar-refractivity contribution in [3.05, 3.63) is 59.5 Å². The van der Waals surface area contributed by atoms with Gasteiger partial charge in [-0.1, -0.05) is 0 Å². The van der Waals surface area contributed by atoms with E-state index in [0.717, 1.165) is 22.5 Å². The van der Waals surface area contributed by atoms with Gasteiger partial charge in [-0.15, -0.1) is 5.10 Å². The van der Waals surface area contributed by atoms with Crippen LogP contribution in [0.1, 0.15) is 28.7 Å². The van der Waals surface area contributed by atoms with E-state index in [0.29, 0.717) is 17.0 Å². The molecule has 158 valence electrons. The lowest BCUT2D eigenvalue weighted by molar-refractivity contribution is -0.118. The lowest BCUT2D eigenvalue weighted by Gasteiger charge is -2.05. The van der Waals surface area contributed by atoms with Crippen LogP contribution in [0.25, 0.3) is 16.8 Å². The van der Waals surface area contributed by atoms with Crippen LogP contribution in [0.2, 0.25) is 0 Å². The zero-order chi connectivity index (χ0) is 22.1. The summed E-state index contributed by atoms with van der Waals surface area (Å²) in [6.07, 6.45) is 1.86. The number of carbonyl (C=O) groups excluding carboxylic acids is 2. The number of rotatable bonds is 6. The molecule has 0 saturated carbocycles. The van der Waals surface area contributed by atoms with Gasteiger partial charge in [-0.3, -0.25) is 19.6 Å². The zero-order valence-corrected chi connectivity index (χ0v) is 17.7. The molecule has 0 saturated heterocycles. The van der Waals surface area contributed by atoms with Gasteiger partial charge in [0.25, 0.3) is 5.91 Å². The first kappa shape index (κ1) is 20.3. The number of hydrogen-bond acceptors (Lipinski definition) is 6. The third-order valence-corrected chi connectivity index (χ3v) is 5.01. The summed E-state index contributed by atoms with van der Waals surface area (Å²) >= 11 is 0. The van der Waals surface area contributed by atoms with Crippen LogP contribution in [-0.4, -0.2) is 42.7 Å². The van der Waals surface area contributed by atoms with E-state index in [1.165, 1.54) is 6.92 Å². The first-order chi connectivity index (χ1) is 14.8. The topological polar surface area (TPSA) is 103 Å². The molecule has 1 amide bonds. The fraction of sp³-hybridized carbons (Fsp3) is 0.227. The number of ketones is 1. The molecule has 0 atom stereocenters. The Morgan fingerprint density at radius 1 is 1.06 bits per heavy atom. The van der Waals surface area contributed by atoms with Crippen molar-refractivity contribution >= 4 is 23.3 Å². The normalized spacial score (nSPS) is 11.0. The lowest BCUT2D eigenvalue weighted by Crippen LogP contribution is -2.20. The number of hydrogen-bond donors (Lipinski definition) is 1. The second-order valence-electron chi connectivity index (χ2n) is 7.24. The Hall–Kier alpha value is -4.01. The number of aromatic nitrogens is 5. The van der Waals surface area contributed by atoms with Gasteiger partial charge in [0.05, 0.1) is 5.69 Å². The fourth-order valence-corrected chi connectivity index (χ4v) is 3.37. The summed E-state index contributed by atoms with van der Waals surface area (Å²) in [6.45, 7) is 5.27. The maximum absolute atomic E-state index is 12.2. The number of Topliss-reactive ketones (excluding diaryl/α,β-unsaturated/α-hetero) is 1. The number of ether oxygens (including phenoxy) is 1. The van der Waals surface area contributed by atoms with Gasteiger partial charge < -0.3 is 4.74 Å². The molecule has 3 heterocycles. The van der Waals surface area contributed by atoms with Gasteiger partial charge >= 0.3 is 0 Å². The second kappa shape index (κ2) is 8.02. The molecule has 0 radical (unpaired) electrons. The minimum absolute atomic E-state index is 0.0285. The molecule has 1 aromatic carbocycles. The summed E-state index contributed by atoms with van der Waals surface area (Å²) in [6, 6.07) is 10.4. The van der Waals surface area contributed by atoms with Gasteiger partial charge in [0.2, 0.25) is 5.95 Å². The summed E-state index contributed by atoms with van der Waals surface area (Å²) < 4.78 is 8.93. The quantitative estimate of drug-likeness (QED) is 0.483. The number of benzene rings is 1. The number of anilines is 1. The number of amides is 1. The summed E-state index contributed by atoms with van der Waals surface area (Å²) in [5.74, 6) is 0.275. The van der Waals surface area contributed by atoms with Gasteiger partial charge in [-0.25, -0.2) is 4.52 Å². The fourth-order valence-electron chi connectivity index (χ4n) is 3.37. The Bertz CT molecular complexity index is 1290. The first-order valence-electron chi connectivity index (χ1n) is 9.72. The van der Waals surface area contributed by atoms with Crippen LogP contribution < -0.4 is 10.1 Å². The number of pyridine rings is 1. The molecule has 0 aliphatic heterocycles. The highest BCUT2D eigenvalue weighted by molar-refractivity contribution is 5.94. The van der Waals surface area contributed by atoms with Crippen molar-refractivity contribution < 1.29 is 14.3 Å². The molecule has 3 aromatic heterocycles. The number of aryl methyl sites for hydroxylation is 2. The Labute approximate surface area is 178 Å². The molecule has 0 spiro atoms. The van der Waals surface area contributed by atoms with E-state index in [-0.39, 0.29) is 24.2 Å². The maximum Gasteiger partial charge on any atom is 0.264 e. The van der Waals surface area contributed by atoms with Gasteiger partial charge in [0, 0.05) is 35.6 Å². The van der Waals surface area contributed by atoms with Crippen molar-refractivity contribution in [1.29, 1.82) is 0 Å². The standard InChI is InChI=1S/C22H22N6O3/c1-13-21(14(2)27(4)25-13)17-7-10-19-23-22(26-28(19)11-17)24-20(30)12-31-18-8-5-16(6-9-18)15(3)29/h5-11H,12H2,1-4H3,(H,24,26,30). The molecule has 0 unspecified atom stereocenters. The molecule has 4 rings (SSSR count). The van der Waals surface area contributed by atoms with Crippen LogP contribution >= 0.6 is 0 Å². The van der Waals surface area contributed by atoms with E-state index in [2.05, 4.69) is 20.5 Å². The van der Waals surface area contributed by atoms with E-state index in [9.17, 15) is 9.59 Å². The SMILES string of the molecule is CC(=O)c1ccc(OCC(=O)Nc2nc3ccc(-c4c(C)nn(C)c4C)cn3n2)cc1. The lowest BCUT2D eigenvalue weighted by atomic mass is 10.1. The van der Waals surface area contributed by atoms with Crippen LogP contribution in [0.15, 0.2) is 42.6 Å². The summed E-state index contributed by atoms with van der Waals surface area (Å²) in [4.78, 5) is 27.9. The summed E-state index contributed by atoms with van der Waals surface area (Å²) in [7, 11) is 1.91. The van der Waals surface area contributed by atoms with Crippen molar-refractivity contribution in [2.24, 2.45) is 7.05 Å². The third-order valence-electron chi connectivity index (χ3n) is 5.01. The van der Waals surface area contributed by atoms with Gasteiger partial charge in [0.1, 0.15) is 5.75 Å². The van der Waals surface area contributed by atoms with Crippen LogP contribution in [0.3, 0.4) is 0 Å². The predicted molar refractivity (Wildman–Crippen MR) is 115 cm³/mol. The molecule has 0 fully saturated rings. The van der Waals surface area contributed by atoms with Crippen molar-refractivity contribution in [1.82, 2.24) is 24.4 Å². The molecule has 0 aliphatic carbocycles. The second-order valence-corrected chi connectivity index (χ2v) is 7.24. The first-order valence-corrected chi connectivity index (χ1v) is 9.72. The maximum atomic E-state index is 12.2. The predicted octanol–water partition coefficient (Wildman–Crippen LogP) is 2.97. The van der Waals surface area contributed by atoms with E-state index in [1.54, 1.807) is 28.8 Å². The zero-order valence-electron chi connectivity index (χ0n) is 17.7. The molecule has 31 heavy (non-hydrogen) atoms. The smallest absolute Gasteiger partial charge is 0.264 e. The van der Waals surface area contributed by atoms with Gasteiger partial charge in [0.15, 0.2) is 18.0 Å². The Balaban J connectivity index is 1.45. The molecular formula is C22H22N6O3. The minimum atomic E-state index is -0.384. The van der Waals surface area contributed by atoms with E-state index >= 15 is 0 Å². The van der Waals surface area contributed by atoms with Gasteiger partial charge in [-0.05, 0) is 57.2 Å². The number of nitrogens with one attached hydrogen (secondary N) is 1. The Kier molecular flexibility index (Phi) is 5.24. The molecule has 4 aromatic rings. The average molecular weight is 418 g/mol. The van der Waals surface area contributed by atoms with Crippen LogP contribution in [0.4, 0.5) is 5.95 Å². The highest BCUT2D eigenvalue weighted by atomic mass is 16.5. The molecular weight excluding hydrogens is 396 g/mol. The van der Waals surface area contributed by atoms with Crippen molar-refractivity contribution in [3.63, 3.8) is 0 Å². The van der Waals surface area contributed by atoms with Crippen molar-refractivity contribution in [3.8, 4) is 16.9 Å². The highest BCUT2D eigenvalue weighted by Gasteiger charge is 2.14. The molecule has 0 aliphatic rings. The number of fused-ring (bicyclic) bond motifs is 1. The average Bonchev–Trinajstić information content (AvgIpc) is 3.25. The summed E-state index contributed by atoms with van der Waals surface area (Å²) in [5, 5.41) is 11.4. The number of nitrogens with zero attached hydrogens (tertiary/aromatic N) is 5. The molecule has 9 heteroatoms.